The van der Waals surface area contributed by atoms with Crippen molar-refractivity contribution >= 4 is 16.9 Å². The molecule has 2 aromatic rings. The van der Waals surface area contributed by atoms with Crippen molar-refractivity contribution < 1.29 is 9.53 Å². The lowest BCUT2D eigenvalue weighted by Crippen LogP contribution is -2.37. The van der Waals surface area contributed by atoms with E-state index >= 15 is 0 Å². The fraction of sp³-hybridized carbons (Fsp3) is 0.353. The molecule has 4 heteroatoms. The highest BCUT2D eigenvalue weighted by Crippen LogP contribution is 2.20. The average Bonchev–Trinajstić information content (AvgIpc) is 2.42. The van der Waals surface area contributed by atoms with Gasteiger partial charge in [0.1, 0.15) is 5.60 Å². The molecule has 21 heavy (non-hydrogen) atoms. The van der Waals surface area contributed by atoms with Gasteiger partial charge in [-0.1, -0.05) is 36.4 Å². The summed E-state index contributed by atoms with van der Waals surface area (Å²) in [5.74, 6) is 0. The molecule has 112 valence electrons. The summed E-state index contributed by atoms with van der Waals surface area (Å²) in [6.07, 6.45) is -0.453. The second kappa shape index (κ2) is 6.14. The van der Waals surface area contributed by atoms with Crippen molar-refractivity contribution in [2.75, 3.05) is 6.54 Å². The van der Waals surface area contributed by atoms with E-state index in [0.717, 1.165) is 16.3 Å². The van der Waals surface area contributed by atoms with Gasteiger partial charge in [-0.2, -0.15) is 0 Å². The molecule has 0 spiro atoms. The summed E-state index contributed by atoms with van der Waals surface area (Å²) >= 11 is 0. The largest absolute Gasteiger partial charge is 0.444 e. The third-order valence-electron chi connectivity index (χ3n) is 3.10. The Bertz CT molecular complexity index is 632. The molecule has 0 aliphatic carbocycles. The molecule has 1 amide bonds. The number of fused-ring (bicyclic) bond motifs is 1. The van der Waals surface area contributed by atoms with Gasteiger partial charge in [0.05, 0.1) is 6.04 Å². The van der Waals surface area contributed by atoms with Crippen LogP contribution in [0.15, 0.2) is 42.5 Å². The maximum Gasteiger partial charge on any atom is 0.408 e. The predicted molar refractivity (Wildman–Crippen MR) is 85.1 cm³/mol. The van der Waals surface area contributed by atoms with Gasteiger partial charge in [-0.05, 0) is 43.2 Å². The Kier molecular flexibility index (Phi) is 4.48. The van der Waals surface area contributed by atoms with Crippen LogP contribution in [0.5, 0.6) is 0 Å². The van der Waals surface area contributed by atoms with Crippen LogP contribution in [0.2, 0.25) is 0 Å². The first-order valence-electron chi connectivity index (χ1n) is 7.07. The van der Waals surface area contributed by atoms with Crippen LogP contribution in [0.1, 0.15) is 32.4 Å². The van der Waals surface area contributed by atoms with Gasteiger partial charge in [0.25, 0.3) is 0 Å². The highest BCUT2D eigenvalue weighted by atomic mass is 16.6. The minimum atomic E-state index is -0.521. The second-order valence-electron chi connectivity index (χ2n) is 6.04. The predicted octanol–water partition coefficient (Wildman–Crippen LogP) is 3.36. The number of benzene rings is 2. The first-order chi connectivity index (χ1) is 9.89. The third kappa shape index (κ3) is 4.20. The summed E-state index contributed by atoms with van der Waals surface area (Å²) in [6.45, 7) is 5.82. The molecule has 0 bridgehead atoms. The number of amides is 1. The molecule has 0 aromatic heterocycles. The number of hydrogen-bond acceptors (Lipinski definition) is 3. The van der Waals surface area contributed by atoms with Crippen LogP contribution in [-0.4, -0.2) is 18.2 Å². The van der Waals surface area contributed by atoms with E-state index in [1.165, 1.54) is 0 Å². The molecule has 0 aliphatic rings. The van der Waals surface area contributed by atoms with Crippen LogP contribution >= 0.6 is 0 Å². The fourth-order valence-corrected chi connectivity index (χ4v) is 2.15. The third-order valence-corrected chi connectivity index (χ3v) is 3.10. The van der Waals surface area contributed by atoms with E-state index in [1.54, 1.807) is 0 Å². The molecule has 0 aliphatic heterocycles. The number of nitrogens with one attached hydrogen (secondary N) is 1. The van der Waals surface area contributed by atoms with Crippen LogP contribution in [-0.2, 0) is 4.74 Å². The van der Waals surface area contributed by atoms with E-state index in [1.807, 2.05) is 57.2 Å². The Balaban J connectivity index is 2.17. The van der Waals surface area contributed by atoms with Crippen molar-refractivity contribution in [1.29, 1.82) is 0 Å². The first kappa shape index (κ1) is 15.3. The van der Waals surface area contributed by atoms with Crippen molar-refractivity contribution in [3.63, 3.8) is 0 Å². The number of hydrogen-bond donors (Lipinski definition) is 2. The van der Waals surface area contributed by atoms with Crippen molar-refractivity contribution in [1.82, 2.24) is 5.32 Å². The molecule has 1 unspecified atom stereocenters. The van der Waals surface area contributed by atoms with Gasteiger partial charge < -0.3 is 15.8 Å². The minimum absolute atomic E-state index is 0.260. The van der Waals surface area contributed by atoms with Crippen LogP contribution < -0.4 is 11.1 Å². The molecule has 0 heterocycles. The second-order valence-corrected chi connectivity index (χ2v) is 6.04. The van der Waals surface area contributed by atoms with Crippen molar-refractivity contribution in [2.24, 2.45) is 5.73 Å². The smallest absolute Gasteiger partial charge is 0.408 e. The Morgan fingerprint density at radius 3 is 2.48 bits per heavy atom. The lowest BCUT2D eigenvalue weighted by Gasteiger charge is -2.23. The van der Waals surface area contributed by atoms with E-state index in [0.29, 0.717) is 6.54 Å². The van der Waals surface area contributed by atoms with E-state index < -0.39 is 11.7 Å². The van der Waals surface area contributed by atoms with Gasteiger partial charge in [-0.25, -0.2) is 4.79 Å². The van der Waals surface area contributed by atoms with Crippen LogP contribution in [0.25, 0.3) is 10.8 Å². The molecular weight excluding hydrogens is 264 g/mol. The molecular formula is C17H22N2O2. The normalized spacial score (nSPS) is 13.0. The zero-order valence-electron chi connectivity index (χ0n) is 12.7. The molecule has 2 rings (SSSR count). The van der Waals surface area contributed by atoms with E-state index in [-0.39, 0.29) is 6.04 Å². The van der Waals surface area contributed by atoms with Crippen molar-refractivity contribution in [3.8, 4) is 0 Å². The van der Waals surface area contributed by atoms with Crippen molar-refractivity contribution in [3.05, 3.63) is 48.0 Å². The summed E-state index contributed by atoms with van der Waals surface area (Å²) in [5.41, 5.74) is 6.24. The topological polar surface area (TPSA) is 64.3 Å². The van der Waals surface area contributed by atoms with Gasteiger partial charge in [0.2, 0.25) is 0 Å². The Morgan fingerprint density at radius 2 is 1.86 bits per heavy atom. The molecule has 0 saturated carbocycles. The summed E-state index contributed by atoms with van der Waals surface area (Å²) in [6, 6.07) is 13.9. The Hall–Kier alpha value is -2.07. The number of carbonyl (C=O) groups is 1. The summed E-state index contributed by atoms with van der Waals surface area (Å²) in [5, 5.41) is 5.10. The number of nitrogens with two attached hydrogens (primary N) is 1. The van der Waals surface area contributed by atoms with Crippen LogP contribution in [0, 0.1) is 0 Å². The minimum Gasteiger partial charge on any atom is -0.444 e. The van der Waals surface area contributed by atoms with Gasteiger partial charge in [-0.15, -0.1) is 0 Å². The summed E-state index contributed by atoms with van der Waals surface area (Å²) in [7, 11) is 0. The molecule has 1 atom stereocenters. The van der Waals surface area contributed by atoms with Gasteiger partial charge in [-0.3, -0.25) is 0 Å². The molecule has 2 aromatic carbocycles. The highest BCUT2D eigenvalue weighted by Gasteiger charge is 2.19. The van der Waals surface area contributed by atoms with E-state index in [9.17, 15) is 4.79 Å². The standard InChI is InChI=1S/C17H22N2O2/c1-17(2,3)21-16(20)19-15(11-18)14-9-8-12-6-4-5-7-13(12)10-14/h4-10,15H,11,18H2,1-3H3,(H,19,20). The van der Waals surface area contributed by atoms with Gasteiger partial charge >= 0.3 is 6.09 Å². The maximum atomic E-state index is 11.9. The van der Waals surface area contributed by atoms with Gasteiger partial charge in [0, 0.05) is 6.54 Å². The quantitative estimate of drug-likeness (QED) is 0.909. The summed E-state index contributed by atoms with van der Waals surface area (Å²) < 4.78 is 5.27. The summed E-state index contributed by atoms with van der Waals surface area (Å²) in [4.78, 5) is 11.9. The maximum absolute atomic E-state index is 11.9. The monoisotopic (exact) mass is 286 g/mol. The number of ether oxygens (including phenoxy) is 1. The number of alkyl carbamates (subject to hydrolysis) is 1. The van der Waals surface area contributed by atoms with Crippen molar-refractivity contribution in [2.45, 2.75) is 32.4 Å². The molecule has 3 N–H and O–H groups in total. The first-order valence-corrected chi connectivity index (χ1v) is 7.07. The Morgan fingerprint density at radius 1 is 1.19 bits per heavy atom. The van der Waals surface area contributed by atoms with Gasteiger partial charge in [0.15, 0.2) is 0 Å². The average molecular weight is 286 g/mol. The van der Waals surface area contributed by atoms with Crippen LogP contribution in [0.4, 0.5) is 4.79 Å². The fourth-order valence-electron chi connectivity index (χ4n) is 2.15. The van der Waals surface area contributed by atoms with Crippen LogP contribution in [0.3, 0.4) is 0 Å². The molecule has 4 nitrogen and oxygen atoms in total. The molecule has 0 radical (unpaired) electrons. The number of carbonyl (C=O) groups excluding carboxylic acids is 1. The number of rotatable bonds is 3. The van der Waals surface area contributed by atoms with E-state index in [2.05, 4.69) is 11.4 Å². The SMILES string of the molecule is CC(C)(C)OC(=O)NC(CN)c1ccc2ccccc2c1. The zero-order chi connectivity index (χ0) is 15.5. The lowest BCUT2D eigenvalue weighted by molar-refractivity contribution is 0.0505. The lowest BCUT2D eigenvalue weighted by atomic mass is 10.0. The highest BCUT2D eigenvalue weighted by molar-refractivity contribution is 5.83. The molecule has 0 fully saturated rings. The zero-order valence-corrected chi connectivity index (χ0v) is 12.7. The molecule has 0 saturated heterocycles. The van der Waals surface area contributed by atoms with E-state index in [4.69, 9.17) is 10.5 Å². The Labute approximate surface area is 125 Å².